The van der Waals surface area contributed by atoms with Crippen molar-refractivity contribution in [1.29, 1.82) is 0 Å². The molecule has 0 aliphatic rings. The summed E-state index contributed by atoms with van der Waals surface area (Å²) in [7, 11) is 0. The van der Waals surface area contributed by atoms with Gasteiger partial charge in [-0.2, -0.15) is 0 Å². The van der Waals surface area contributed by atoms with Crippen molar-refractivity contribution in [3.8, 4) is 11.3 Å². The van der Waals surface area contributed by atoms with E-state index in [9.17, 15) is 14.9 Å². The van der Waals surface area contributed by atoms with Gasteiger partial charge >= 0.3 is 0 Å². The van der Waals surface area contributed by atoms with Gasteiger partial charge in [-0.3, -0.25) is 14.9 Å². The number of amides is 1. The third kappa shape index (κ3) is 4.44. The lowest BCUT2D eigenvalue weighted by atomic mass is 10.1. The fourth-order valence-corrected chi connectivity index (χ4v) is 3.67. The van der Waals surface area contributed by atoms with E-state index in [2.05, 4.69) is 15.3 Å². The van der Waals surface area contributed by atoms with Gasteiger partial charge in [0.25, 0.3) is 5.69 Å². The molecule has 0 fully saturated rings. The third-order valence-corrected chi connectivity index (χ3v) is 5.20. The molecule has 0 radical (unpaired) electrons. The number of carbonyl (C=O) groups is 1. The zero-order chi connectivity index (χ0) is 18.5. The van der Waals surface area contributed by atoms with Crippen molar-refractivity contribution in [1.82, 2.24) is 9.97 Å². The molecule has 0 atom stereocenters. The van der Waals surface area contributed by atoms with E-state index in [0.29, 0.717) is 10.2 Å². The summed E-state index contributed by atoms with van der Waals surface area (Å²) in [4.78, 5) is 31.7. The Balaban J connectivity index is 1.59. The van der Waals surface area contributed by atoms with Gasteiger partial charge in [0, 0.05) is 16.5 Å². The van der Waals surface area contributed by atoms with E-state index in [1.807, 2.05) is 37.3 Å². The first-order chi connectivity index (χ1) is 12.5. The molecule has 1 N–H and O–H groups in total. The van der Waals surface area contributed by atoms with Gasteiger partial charge in [-0.15, -0.1) is 11.3 Å². The minimum absolute atomic E-state index is 0.0782. The Morgan fingerprint density at radius 3 is 2.69 bits per heavy atom. The van der Waals surface area contributed by atoms with Gasteiger partial charge in [0.15, 0.2) is 5.13 Å². The van der Waals surface area contributed by atoms with Gasteiger partial charge in [-0.1, -0.05) is 42.1 Å². The molecule has 0 aliphatic carbocycles. The molecule has 0 spiro atoms. The SMILES string of the molecule is Cc1sc(NC(=O)CSc2ccc([N+](=O)[O-])cn2)nc1-c1ccccc1. The predicted octanol–water partition coefficient (Wildman–Crippen LogP) is 4.15. The molecule has 2 aromatic heterocycles. The number of aromatic nitrogens is 2. The smallest absolute Gasteiger partial charge is 0.287 e. The van der Waals surface area contributed by atoms with Crippen LogP contribution < -0.4 is 5.32 Å². The average molecular weight is 386 g/mol. The van der Waals surface area contributed by atoms with Crippen molar-refractivity contribution < 1.29 is 9.72 Å². The number of benzene rings is 1. The summed E-state index contributed by atoms with van der Waals surface area (Å²) in [5.74, 6) is -0.0621. The van der Waals surface area contributed by atoms with Crippen LogP contribution in [0.2, 0.25) is 0 Å². The van der Waals surface area contributed by atoms with E-state index in [0.717, 1.165) is 16.1 Å². The van der Waals surface area contributed by atoms with Crippen LogP contribution in [0, 0.1) is 17.0 Å². The van der Waals surface area contributed by atoms with E-state index in [4.69, 9.17) is 0 Å². The fourth-order valence-electron chi connectivity index (χ4n) is 2.17. The molecule has 0 saturated carbocycles. The number of thioether (sulfide) groups is 1. The average Bonchev–Trinajstić information content (AvgIpc) is 3.01. The lowest BCUT2D eigenvalue weighted by Gasteiger charge is -2.01. The number of nitro groups is 1. The Morgan fingerprint density at radius 2 is 2.04 bits per heavy atom. The Bertz CT molecular complexity index is 927. The van der Waals surface area contributed by atoms with E-state index >= 15 is 0 Å². The van der Waals surface area contributed by atoms with Gasteiger partial charge in [-0.25, -0.2) is 9.97 Å². The molecule has 3 rings (SSSR count). The van der Waals surface area contributed by atoms with E-state index in [1.54, 1.807) is 0 Å². The van der Waals surface area contributed by atoms with Crippen LogP contribution in [0.4, 0.5) is 10.8 Å². The minimum atomic E-state index is -0.511. The topological polar surface area (TPSA) is 98.0 Å². The monoisotopic (exact) mass is 386 g/mol. The number of carbonyl (C=O) groups excluding carboxylic acids is 1. The summed E-state index contributed by atoms with van der Waals surface area (Å²) >= 11 is 2.63. The van der Waals surface area contributed by atoms with Crippen LogP contribution in [0.1, 0.15) is 4.88 Å². The number of pyridine rings is 1. The molecule has 26 heavy (non-hydrogen) atoms. The maximum atomic E-state index is 12.1. The molecule has 9 heteroatoms. The van der Waals surface area contributed by atoms with Gasteiger partial charge in [-0.05, 0) is 13.0 Å². The van der Waals surface area contributed by atoms with Crippen LogP contribution in [-0.4, -0.2) is 26.6 Å². The first-order valence-electron chi connectivity index (χ1n) is 7.59. The number of aryl methyl sites for hydroxylation is 1. The highest BCUT2D eigenvalue weighted by atomic mass is 32.2. The minimum Gasteiger partial charge on any atom is -0.301 e. The molecule has 132 valence electrons. The molecular formula is C17H14N4O3S2. The van der Waals surface area contributed by atoms with Crippen molar-refractivity contribution in [3.05, 3.63) is 63.7 Å². The van der Waals surface area contributed by atoms with Gasteiger partial charge < -0.3 is 5.32 Å². The second-order valence-corrected chi connectivity index (χ2v) is 7.44. The van der Waals surface area contributed by atoms with Crippen molar-refractivity contribution in [3.63, 3.8) is 0 Å². The van der Waals surface area contributed by atoms with Crippen molar-refractivity contribution in [2.45, 2.75) is 11.9 Å². The number of thiazole rings is 1. The highest BCUT2D eigenvalue weighted by Crippen LogP contribution is 2.30. The Kier molecular flexibility index (Phi) is 5.59. The normalized spacial score (nSPS) is 10.5. The van der Waals surface area contributed by atoms with Crippen molar-refractivity contribution >= 4 is 39.8 Å². The summed E-state index contributed by atoms with van der Waals surface area (Å²) in [6.45, 7) is 1.96. The van der Waals surface area contributed by atoms with Gasteiger partial charge in [0.1, 0.15) is 6.20 Å². The number of nitrogens with one attached hydrogen (secondary N) is 1. The number of rotatable bonds is 6. The second-order valence-electron chi connectivity index (χ2n) is 5.24. The highest BCUT2D eigenvalue weighted by molar-refractivity contribution is 7.99. The lowest BCUT2D eigenvalue weighted by molar-refractivity contribution is -0.385. The standard InChI is InChI=1S/C17H14N4O3S2/c1-11-16(12-5-3-2-4-6-12)20-17(26-11)19-14(22)10-25-15-8-7-13(9-18-15)21(23)24/h2-9H,10H2,1H3,(H,19,20,22). The fraction of sp³-hybridized carbons (Fsp3) is 0.118. The first-order valence-corrected chi connectivity index (χ1v) is 9.39. The van der Waals surface area contributed by atoms with Crippen LogP contribution >= 0.6 is 23.1 Å². The maximum absolute atomic E-state index is 12.1. The lowest BCUT2D eigenvalue weighted by Crippen LogP contribution is -2.13. The van der Waals surface area contributed by atoms with E-state index < -0.39 is 4.92 Å². The molecule has 0 bridgehead atoms. The van der Waals surface area contributed by atoms with Gasteiger partial charge in [0.05, 0.1) is 21.4 Å². The van der Waals surface area contributed by atoms with Crippen LogP contribution in [-0.2, 0) is 4.79 Å². The molecule has 3 aromatic rings. The molecular weight excluding hydrogens is 372 g/mol. The summed E-state index contributed by atoms with van der Waals surface area (Å²) in [6, 6.07) is 12.7. The van der Waals surface area contributed by atoms with E-state index in [-0.39, 0.29) is 17.3 Å². The molecule has 0 aliphatic heterocycles. The summed E-state index contributed by atoms with van der Waals surface area (Å²) in [6.07, 6.45) is 1.18. The molecule has 1 aromatic carbocycles. The zero-order valence-electron chi connectivity index (χ0n) is 13.7. The summed E-state index contributed by atoms with van der Waals surface area (Å²) in [5.41, 5.74) is 1.78. The summed E-state index contributed by atoms with van der Waals surface area (Å²) < 4.78 is 0. The van der Waals surface area contributed by atoms with Crippen LogP contribution in [0.5, 0.6) is 0 Å². The maximum Gasteiger partial charge on any atom is 0.287 e. The highest BCUT2D eigenvalue weighted by Gasteiger charge is 2.13. The quantitative estimate of drug-likeness (QED) is 0.388. The largest absolute Gasteiger partial charge is 0.301 e. The number of hydrogen-bond donors (Lipinski definition) is 1. The Labute approximate surface area is 157 Å². The molecule has 0 unspecified atom stereocenters. The van der Waals surface area contributed by atoms with Crippen LogP contribution in [0.3, 0.4) is 0 Å². The van der Waals surface area contributed by atoms with Crippen molar-refractivity contribution in [2.75, 3.05) is 11.1 Å². The van der Waals surface area contributed by atoms with E-state index in [1.165, 1.54) is 41.4 Å². The molecule has 0 saturated heterocycles. The number of hydrogen-bond acceptors (Lipinski definition) is 7. The second kappa shape index (κ2) is 8.07. The van der Waals surface area contributed by atoms with Crippen LogP contribution in [0.15, 0.2) is 53.7 Å². The zero-order valence-corrected chi connectivity index (χ0v) is 15.3. The number of nitrogens with zero attached hydrogens (tertiary/aromatic N) is 3. The molecule has 7 nitrogen and oxygen atoms in total. The number of anilines is 1. The third-order valence-electron chi connectivity index (χ3n) is 3.37. The van der Waals surface area contributed by atoms with Crippen LogP contribution in [0.25, 0.3) is 11.3 Å². The molecule has 2 heterocycles. The first kappa shape index (κ1) is 18.0. The Morgan fingerprint density at radius 1 is 1.27 bits per heavy atom. The predicted molar refractivity (Wildman–Crippen MR) is 103 cm³/mol. The van der Waals surface area contributed by atoms with Gasteiger partial charge in [0.2, 0.25) is 5.91 Å². The molecule has 1 amide bonds. The van der Waals surface area contributed by atoms with Crippen molar-refractivity contribution in [2.24, 2.45) is 0 Å². The Hall–Kier alpha value is -2.78. The summed E-state index contributed by atoms with van der Waals surface area (Å²) in [5, 5.41) is 14.5.